The van der Waals surface area contributed by atoms with Crippen LogP contribution >= 0.6 is 11.6 Å². The minimum atomic E-state index is -0.0372. The van der Waals surface area contributed by atoms with Gasteiger partial charge in [0, 0.05) is 31.8 Å². The minimum Gasteiger partial charge on any atom is -0.629 e. The predicted molar refractivity (Wildman–Crippen MR) is 74.1 cm³/mol. The number of nitrogens with one attached hydrogen (secondary N) is 1. The fourth-order valence-corrected chi connectivity index (χ4v) is 2.29. The van der Waals surface area contributed by atoms with Crippen molar-refractivity contribution >= 4 is 17.3 Å². The molecule has 0 saturated carbocycles. The third kappa shape index (κ3) is 4.33. The van der Waals surface area contributed by atoms with E-state index in [0.717, 1.165) is 32.8 Å². The Bertz CT molecular complexity index is 409. The third-order valence-corrected chi connectivity index (χ3v) is 3.41. The van der Waals surface area contributed by atoms with Crippen LogP contribution in [0.15, 0.2) is 18.2 Å². The Labute approximate surface area is 118 Å². The molecular formula is C13H19ClN2O3. The standard InChI is InChI=1S/C13H19ClN2O3/c1-15(17)13-3-2-11(10-12(13)14)19-9-6-16-4-7-18-8-5-16/h2-3,10,15H,4-9H2,1H3. The zero-order chi connectivity index (χ0) is 13.7. The van der Waals surface area contributed by atoms with E-state index >= 15 is 0 Å². The van der Waals surface area contributed by atoms with Crippen molar-refractivity contribution in [3.63, 3.8) is 0 Å². The van der Waals surface area contributed by atoms with Gasteiger partial charge >= 0.3 is 0 Å². The molecule has 1 fully saturated rings. The molecule has 0 bridgehead atoms. The van der Waals surface area contributed by atoms with Crippen molar-refractivity contribution in [3.05, 3.63) is 28.4 Å². The van der Waals surface area contributed by atoms with E-state index in [1.807, 2.05) is 0 Å². The first kappa shape index (κ1) is 14.6. The predicted octanol–water partition coefficient (Wildman–Crippen LogP) is 0.695. The number of hydrogen-bond acceptors (Lipinski definition) is 4. The van der Waals surface area contributed by atoms with Gasteiger partial charge in [0.2, 0.25) is 0 Å². The van der Waals surface area contributed by atoms with Crippen molar-refractivity contribution in [1.29, 1.82) is 0 Å². The summed E-state index contributed by atoms with van der Waals surface area (Å²) in [5.74, 6) is 0.697. The molecule has 0 aromatic heterocycles. The maximum absolute atomic E-state index is 11.3. The summed E-state index contributed by atoms with van der Waals surface area (Å²) < 4.78 is 10.9. The quantitative estimate of drug-likeness (QED) is 0.810. The number of quaternary nitrogens is 1. The molecule has 0 aliphatic carbocycles. The summed E-state index contributed by atoms with van der Waals surface area (Å²) in [6, 6.07) is 5.17. The second-order valence-corrected chi connectivity index (χ2v) is 4.91. The highest BCUT2D eigenvalue weighted by Gasteiger charge is 2.10. The molecule has 1 aromatic carbocycles. The molecule has 19 heavy (non-hydrogen) atoms. The average molecular weight is 287 g/mol. The number of rotatable bonds is 5. The second-order valence-electron chi connectivity index (χ2n) is 4.50. The fraction of sp³-hybridized carbons (Fsp3) is 0.538. The molecular weight excluding hydrogens is 268 g/mol. The zero-order valence-corrected chi connectivity index (χ0v) is 11.8. The molecule has 0 spiro atoms. The first-order chi connectivity index (χ1) is 9.16. The van der Waals surface area contributed by atoms with Crippen LogP contribution in [0.3, 0.4) is 0 Å². The summed E-state index contributed by atoms with van der Waals surface area (Å²) in [5, 5.41) is 11.7. The van der Waals surface area contributed by atoms with Crippen LogP contribution < -0.4 is 9.80 Å². The lowest BCUT2D eigenvalue weighted by molar-refractivity contribution is -0.751. The summed E-state index contributed by atoms with van der Waals surface area (Å²) in [5.41, 5.74) is 0.530. The van der Waals surface area contributed by atoms with Crippen molar-refractivity contribution in [2.45, 2.75) is 0 Å². The summed E-state index contributed by atoms with van der Waals surface area (Å²) in [6.45, 7) is 4.96. The number of benzene rings is 1. The van der Waals surface area contributed by atoms with E-state index in [9.17, 15) is 5.21 Å². The molecule has 1 atom stereocenters. The van der Waals surface area contributed by atoms with E-state index < -0.39 is 0 Å². The number of nitrogens with zero attached hydrogens (tertiary/aromatic N) is 1. The van der Waals surface area contributed by atoms with Gasteiger partial charge in [-0.05, 0) is 6.07 Å². The van der Waals surface area contributed by atoms with Crippen LogP contribution in [0, 0.1) is 5.21 Å². The lowest BCUT2D eigenvalue weighted by Gasteiger charge is -2.26. The Morgan fingerprint density at radius 2 is 2.16 bits per heavy atom. The molecule has 1 N–H and O–H groups in total. The third-order valence-electron chi connectivity index (χ3n) is 3.10. The Kier molecular flexibility index (Phi) is 5.42. The van der Waals surface area contributed by atoms with E-state index in [-0.39, 0.29) is 5.06 Å². The van der Waals surface area contributed by atoms with Crippen LogP contribution in [0.5, 0.6) is 5.75 Å². The first-order valence-corrected chi connectivity index (χ1v) is 6.78. The van der Waals surface area contributed by atoms with E-state index in [1.165, 1.54) is 7.05 Å². The molecule has 1 aromatic rings. The summed E-state index contributed by atoms with van der Waals surface area (Å²) >= 11 is 6.02. The summed E-state index contributed by atoms with van der Waals surface area (Å²) in [6.07, 6.45) is 0. The Morgan fingerprint density at radius 1 is 1.42 bits per heavy atom. The maximum Gasteiger partial charge on any atom is 0.150 e. The van der Waals surface area contributed by atoms with Crippen LogP contribution in [-0.4, -0.2) is 51.4 Å². The van der Waals surface area contributed by atoms with Crippen LogP contribution in [0.25, 0.3) is 0 Å². The second kappa shape index (κ2) is 7.07. The van der Waals surface area contributed by atoms with Crippen molar-refractivity contribution < 1.29 is 14.5 Å². The van der Waals surface area contributed by atoms with Gasteiger partial charge in [-0.3, -0.25) is 4.90 Å². The number of hydrogen-bond donors (Lipinski definition) is 1. The van der Waals surface area contributed by atoms with Crippen LogP contribution in [-0.2, 0) is 4.74 Å². The first-order valence-electron chi connectivity index (χ1n) is 6.40. The highest BCUT2D eigenvalue weighted by Crippen LogP contribution is 2.23. The van der Waals surface area contributed by atoms with Gasteiger partial charge in [0.15, 0.2) is 0 Å². The van der Waals surface area contributed by atoms with Gasteiger partial charge in [0.1, 0.15) is 23.1 Å². The molecule has 1 aliphatic heterocycles. The van der Waals surface area contributed by atoms with Gasteiger partial charge in [-0.2, -0.15) is 0 Å². The normalized spacial score (nSPS) is 18.3. The van der Waals surface area contributed by atoms with E-state index in [0.29, 0.717) is 23.1 Å². The highest BCUT2D eigenvalue weighted by atomic mass is 35.5. The van der Waals surface area contributed by atoms with Gasteiger partial charge in [-0.1, -0.05) is 11.6 Å². The molecule has 1 unspecified atom stereocenters. The Morgan fingerprint density at radius 3 is 2.79 bits per heavy atom. The maximum atomic E-state index is 11.3. The Balaban J connectivity index is 1.81. The topological polar surface area (TPSA) is 49.2 Å². The smallest absolute Gasteiger partial charge is 0.150 e. The van der Waals surface area contributed by atoms with E-state index in [2.05, 4.69) is 4.90 Å². The fourth-order valence-electron chi connectivity index (χ4n) is 1.99. The molecule has 1 aliphatic rings. The number of ether oxygens (including phenoxy) is 2. The summed E-state index contributed by atoms with van der Waals surface area (Å²) in [4.78, 5) is 2.30. The van der Waals surface area contributed by atoms with Crippen LogP contribution in [0.2, 0.25) is 5.02 Å². The Hall–Kier alpha value is -0.850. The van der Waals surface area contributed by atoms with E-state index in [4.69, 9.17) is 21.1 Å². The zero-order valence-electron chi connectivity index (χ0n) is 11.0. The lowest BCUT2D eigenvalue weighted by Crippen LogP contribution is -2.98. The number of morpholine rings is 1. The van der Waals surface area contributed by atoms with Gasteiger partial charge in [0.25, 0.3) is 0 Å². The largest absolute Gasteiger partial charge is 0.629 e. The van der Waals surface area contributed by atoms with Crippen molar-refractivity contribution in [3.8, 4) is 5.75 Å². The van der Waals surface area contributed by atoms with Crippen molar-refractivity contribution in [1.82, 2.24) is 4.90 Å². The van der Waals surface area contributed by atoms with Gasteiger partial charge in [0.05, 0.1) is 20.3 Å². The van der Waals surface area contributed by atoms with Gasteiger partial charge < -0.3 is 19.7 Å². The molecule has 6 heteroatoms. The minimum absolute atomic E-state index is 0.0372. The lowest BCUT2D eigenvalue weighted by atomic mass is 10.3. The van der Waals surface area contributed by atoms with Gasteiger partial charge in [-0.15, -0.1) is 0 Å². The molecule has 5 nitrogen and oxygen atoms in total. The average Bonchev–Trinajstić information content (AvgIpc) is 2.39. The van der Waals surface area contributed by atoms with Crippen molar-refractivity contribution in [2.75, 3.05) is 46.5 Å². The summed E-state index contributed by atoms with van der Waals surface area (Å²) in [7, 11) is 1.50. The monoisotopic (exact) mass is 286 g/mol. The van der Waals surface area contributed by atoms with Crippen LogP contribution in [0.4, 0.5) is 5.69 Å². The molecule has 0 amide bonds. The molecule has 1 heterocycles. The molecule has 2 rings (SSSR count). The van der Waals surface area contributed by atoms with Crippen LogP contribution in [0.1, 0.15) is 0 Å². The number of halogens is 1. The van der Waals surface area contributed by atoms with Gasteiger partial charge in [-0.25, -0.2) is 0 Å². The van der Waals surface area contributed by atoms with E-state index in [1.54, 1.807) is 18.2 Å². The molecule has 106 valence electrons. The SMILES string of the molecule is C[NH+]([O-])c1ccc(OCCN2CCOCC2)cc1Cl. The molecule has 0 radical (unpaired) electrons. The highest BCUT2D eigenvalue weighted by molar-refractivity contribution is 6.32. The van der Waals surface area contributed by atoms with Crippen molar-refractivity contribution in [2.24, 2.45) is 0 Å². The number of hydroxylamine groups is 1. The molecule has 1 saturated heterocycles.